The normalized spacial score (nSPS) is 11.3. The molecule has 0 aliphatic heterocycles. The number of amides is 1. The molecule has 8 nitrogen and oxygen atoms in total. The van der Waals surface area contributed by atoms with Crippen molar-refractivity contribution in [3.05, 3.63) is 64.2 Å². The molecule has 25 heavy (non-hydrogen) atoms. The summed E-state index contributed by atoms with van der Waals surface area (Å²) < 4.78 is 10.1. The number of nitrogens with one attached hydrogen (secondary N) is 1. The largest absolute Gasteiger partial charge is 0.481 e. The van der Waals surface area contributed by atoms with E-state index in [-0.39, 0.29) is 16.9 Å². The van der Waals surface area contributed by atoms with Gasteiger partial charge in [0.1, 0.15) is 11.4 Å². The number of hydrogen-bond donors (Lipinski definition) is 1. The van der Waals surface area contributed by atoms with E-state index in [4.69, 9.17) is 4.74 Å². The second kappa shape index (κ2) is 7.91. The van der Waals surface area contributed by atoms with Crippen molar-refractivity contribution in [2.45, 2.75) is 13.0 Å². The van der Waals surface area contributed by atoms with Crippen molar-refractivity contribution < 1.29 is 24.0 Å². The van der Waals surface area contributed by atoms with Crippen molar-refractivity contribution in [3.63, 3.8) is 0 Å². The second-order valence-electron chi connectivity index (χ2n) is 5.04. The first-order valence-electron chi connectivity index (χ1n) is 7.31. The third kappa shape index (κ3) is 4.54. The van der Waals surface area contributed by atoms with Crippen LogP contribution < -0.4 is 10.1 Å². The minimum Gasteiger partial charge on any atom is -0.481 e. The highest BCUT2D eigenvalue weighted by atomic mass is 16.6. The Labute approximate surface area is 143 Å². The monoisotopic (exact) mass is 344 g/mol. The average molecular weight is 344 g/mol. The lowest BCUT2D eigenvalue weighted by Gasteiger charge is -2.15. The Hall–Kier alpha value is -3.42. The van der Waals surface area contributed by atoms with Crippen LogP contribution in [0.3, 0.4) is 0 Å². The van der Waals surface area contributed by atoms with Gasteiger partial charge in [0.05, 0.1) is 17.6 Å². The first-order valence-corrected chi connectivity index (χ1v) is 7.31. The van der Waals surface area contributed by atoms with Crippen molar-refractivity contribution in [1.29, 1.82) is 0 Å². The van der Waals surface area contributed by atoms with E-state index in [0.29, 0.717) is 5.75 Å². The second-order valence-corrected chi connectivity index (χ2v) is 5.04. The highest BCUT2D eigenvalue weighted by Crippen LogP contribution is 2.23. The van der Waals surface area contributed by atoms with Crippen molar-refractivity contribution in [1.82, 2.24) is 0 Å². The molecule has 2 rings (SSSR count). The minimum atomic E-state index is -0.937. The van der Waals surface area contributed by atoms with Gasteiger partial charge in [-0.2, -0.15) is 0 Å². The van der Waals surface area contributed by atoms with E-state index < -0.39 is 22.9 Å². The predicted octanol–water partition coefficient (Wildman–Crippen LogP) is 2.79. The Morgan fingerprint density at radius 1 is 1.16 bits per heavy atom. The summed E-state index contributed by atoms with van der Waals surface area (Å²) in [5, 5.41) is 13.4. The molecule has 130 valence electrons. The van der Waals surface area contributed by atoms with Gasteiger partial charge in [0.2, 0.25) is 0 Å². The van der Waals surface area contributed by atoms with Crippen LogP contribution in [-0.4, -0.2) is 30.0 Å². The Kier molecular flexibility index (Phi) is 5.67. The van der Waals surface area contributed by atoms with E-state index in [1.165, 1.54) is 38.3 Å². The Morgan fingerprint density at radius 2 is 1.88 bits per heavy atom. The third-order valence-electron chi connectivity index (χ3n) is 3.30. The zero-order valence-corrected chi connectivity index (χ0v) is 13.6. The summed E-state index contributed by atoms with van der Waals surface area (Å²) in [5.74, 6) is -0.784. The van der Waals surface area contributed by atoms with Crippen LogP contribution in [0.2, 0.25) is 0 Å². The molecule has 1 N–H and O–H groups in total. The van der Waals surface area contributed by atoms with Crippen LogP contribution in [0.1, 0.15) is 17.3 Å². The Morgan fingerprint density at radius 3 is 2.56 bits per heavy atom. The Bertz CT molecular complexity index is 805. The maximum atomic E-state index is 12.2. The van der Waals surface area contributed by atoms with E-state index in [1.807, 2.05) is 0 Å². The van der Waals surface area contributed by atoms with E-state index in [2.05, 4.69) is 10.1 Å². The topological polar surface area (TPSA) is 108 Å². The number of nitro groups is 1. The zero-order valence-electron chi connectivity index (χ0n) is 13.6. The summed E-state index contributed by atoms with van der Waals surface area (Å²) in [6.07, 6.45) is -0.937. The molecule has 2 aromatic carbocycles. The summed E-state index contributed by atoms with van der Waals surface area (Å²) in [6.45, 7) is 1.49. The number of esters is 1. The predicted molar refractivity (Wildman–Crippen MR) is 89.6 cm³/mol. The molecule has 0 aromatic heterocycles. The van der Waals surface area contributed by atoms with Crippen molar-refractivity contribution in [3.8, 4) is 5.75 Å². The quantitative estimate of drug-likeness (QED) is 0.490. The van der Waals surface area contributed by atoms with Gasteiger partial charge in [-0.15, -0.1) is 0 Å². The van der Waals surface area contributed by atoms with E-state index >= 15 is 0 Å². The number of carbonyl (C=O) groups excluding carboxylic acids is 2. The molecule has 0 spiro atoms. The van der Waals surface area contributed by atoms with Crippen LogP contribution in [0.4, 0.5) is 11.4 Å². The summed E-state index contributed by atoms with van der Waals surface area (Å²) in [5.41, 5.74) is 0.151. The van der Waals surface area contributed by atoms with Crippen molar-refractivity contribution in [2.75, 3.05) is 12.4 Å². The molecule has 0 saturated heterocycles. The van der Waals surface area contributed by atoms with Crippen molar-refractivity contribution in [2.24, 2.45) is 0 Å². The van der Waals surface area contributed by atoms with Crippen LogP contribution in [0.5, 0.6) is 5.75 Å². The standard InChI is InChI=1S/C17H16N2O6/c1-11(25-13-7-5-6-12(10-13)17(21)24-2)16(20)18-14-8-3-4-9-15(14)19(22)23/h3-11H,1-2H3,(H,18,20)/t11-/m0/s1. The van der Waals surface area contributed by atoms with Crippen molar-refractivity contribution >= 4 is 23.3 Å². The number of ether oxygens (including phenoxy) is 2. The maximum Gasteiger partial charge on any atom is 0.337 e. The number of methoxy groups -OCH3 is 1. The molecule has 0 saturated carbocycles. The van der Waals surface area contributed by atoms with Crippen LogP contribution in [0, 0.1) is 10.1 Å². The van der Waals surface area contributed by atoms with Gasteiger partial charge in [-0.25, -0.2) is 4.79 Å². The number of rotatable bonds is 6. The highest BCUT2D eigenvalue weighted by molar-refractivity contribution is 5.96. The fraction of sp³-hybridized carbons (Fsp3) is 0.176. The average Bonchev–Trinajstić information content (AvgIpc) is 2.61. The SMILES string of the molecule is COC(=O)c1cccc(O[C@@H](C)C(=O)Nc2ccccc2[N+](=O)[O-])c1. The molecule has 0 fully saturated rings. The molecular weight excluding hydrogens is 328 g/mol. The van der Waals surface area contributed by atoms with Crippen LogP contribution in [-0.2, 0) is 9.53 Å². The molecule has 1 atom stereocenters. The molecule has 0 aliphatic rings. The molecule has 0 heterocycles. The summed E-state index contributed by atoms with van der Waals surface area (Å²) in [4.78, 5) is 34.1. The fourth-order valence-corrected chi connectivity index (χ4v) is 2.04. The minimum absolute atomic E-state index is 0.0799. The number of nitro benzene ring substituents is 1. The highest BCUT2D eigenvalue weighted by Gasteiger charge is 2.20. The van der Waals surface area contributed by atoms with E-state index in [9.17, 15) is 19.7 Å². The van der Waals surface area contributed by atoms with Gasteiger partial charge < -0.3 is 14.8 Å². The first kappa shape index (κ1) is 17.9. The van der Waals surface area contributed by atoms with E-state index in [1.54, 1.807) is 24.3 Å². The first-order chi connectivity index (χ1) is 11.9. The van der Waals surface area contributed by atoms with Gasteiger partial charge in [-0.1, -0.05) is 18.2 Å². The fourth-order valence-electron chi connectivity index (χ4n) is 2.04. The van der Waals surface area contributed by atoms with E-state index in [0.717, 1.165) is 0 Å². The summed E-state index contributed by atoms with van der Waals surface area (Å²) >= 11 is 0. The van der Waals surface area contributed by atoms with Gasteiger partial charge in [-0.05, 0) is 31.2 Å². The van der Waals surface area contributed by atoms with Crippen LogP contribution >= 0.6 is 0 Å². The van der Waals surface area contributed by atoms with Gasteiger partial charge in [0.15, 0.2) is 6.10 Å². The Balaban J connectivity index is 2.09. The summed E-state index contributed by atoms with van der Waals surface area (Å²) in [6, 6.07) is 12.0. The zero-order chi connectivity index (χ0) is 18.4. The molecule has 0 radical (unpaired) electrons. The number of anilines is 1. The molecule has 0 unspecified atom stereocenters. The number of carbonyl (C=O) groups is 2. The lowest BCUT2D eigenvalue weighted by atomic mass is 10.2. The molecule has 8 heteroatoms. The summed E-state index contributed by atoms with van der Waals surface area (Å²) in [7, 11) is 1.26. The lowest BCUT2D eigenvalue weighted by Crippen LogP contribution is -2.30. The number of para-hydroxylation sites is 2. The third-order valence-corrected chi connectivity index (χ3v) is 3.30. The molecule has 0 aliphatic carbocycles. The number of hydrogen-bond acceptors (Lipinski definition) is 6. The maximum absolute atomic E-state index is 12.2. The number of benzene rings is 2. The smallest absolute Gasteiger partial charge is 0.337 e. The van der Waals surface area contributed by atoms with Crippen LogP contribution in [0.15, 0.2) is 48.5 Å². The molecular formula is C17H16N2O6. The lowest BCUT2D eigenvalue weighted by molar-refractivity contribution is -0.383. The molecule has 0 bridgehead atoms. The molecule has 2 aromatic rings. The van der Waals surface area contributed by atoms with Crippen LogP contribution in [0.25, 0.3) is 0 Å². The molecule has 1 amide bonds. The van der Waals surface area contributed by atoms with Gasteiger partial charge in [-0.3, -0.25) is 14.9 Å². The van der Waals surface area contributed by atoms with Gasteiger partial charge in [0, 0.05) is 6.07 Å². The van der Waals surface area contributed by atoms with Gasteiger partial charge >= 0.3 is 5.97 Å². The van der Waals surface area contributed by atoms with Gasteiger partial charge in [0.25, 0.3) is 11.6 Å². The number of nitrogens with zero attached hydrogens (tertiary/aromatic N) is 1.